The van der Waals surface area contributed by atoms with Gasteiger partial charge in [-0.25, -0.2) is 0 Å². The molecule has 0 saturated carbocycles. The summed E-state index contributed by atoms with van der Waals surface area (Å²) < 4.78 is 0. The quantitative estimate of drug-likeness (QED) is 0.642. The second kappa shape index (κ2) is 7.96. The minimum atomic E-state index is -0.195. The first kappa shape index (κ1) is 15.7. The first-order chi connectivity index (χ1) is 10.2. The molecule has 0 radical (unpaired) electrons. The van der Waals surface area contributed by atoms with Crippen molar-refractivity contribution in [1.82, 2.24) is 4.90 Å². The number of carbonyl (C=O) groups is 2. The van der Waals surface area contributed by atoms with Gasteiger partial charge in [-0.05, 0) is 12.1 Å². The van der Waals surface area contributed by atoms with E-state index in [1.165, 1.54) is 23.5 Å². The van der Waals surface area contributed by atoms with E-state index in [4.69, 9.17) is 5.26 Å². The monoisotopic (exact) mass is 321 g/mol. The van der Waals surface area contributed by atoms with Crippen molar-refractivity contribution in [3.8, 4) is 6.07 Å². The Balaban J connectivity index is 1.93. The van der Waals surface area contributed by atoms with Gasteiger partial charge in [-0.3, -0.25) is 9.59 Å². The third-order valence-corrected chi connectivity index (χ3v) is 4.81. The van der Waals surface area contributed by atoms with Crippen LogP contribution in [0.4, 0.5) is 5.69 Å². The van der Waals surface area contributed by atoms with Crippen molar-refractivity contribution >= 4 is 41.0 Å². The van der Waals surface area contributed by atoms with E-state index in [2.05, 4.69) is 11.4 Å². The fraction of sp³-hybridized carbons (Fsp3) is 0.357. The minimum absolute atomic E-state index is 0.00632. The predicted octanol–water partition coefficient (Wildman–Crippen LogP) is 2.16. The van der Waals surface area contributed by atoms with Crippen LogP contribution in [0.3, 0.4) is 0 Å². The molecule has 1 N–H and O–H groups in total. The van der Waals surface area contributed by atoms with E-state index in [-0.39, 0.29) is 18.4 Å². The Morgan fingerprint density at radius 1 is 1.48 bits per heavy atom. The van der Waals surface area contributed by atoms with Gasteiger partial charge < -0.3 is 10.2 Å². The van der Waals surface area contributed by atoms with E-state index in [1.54, 1.807) is 4.90 Å². The summed E-state index contributed by atoms with van der Waals surface area (Å²) in [5.41, 5.74) is 0.727. The summed E-state index contributed by atoms with van der Waals surface area (Å²) in [7, 11) is 0. The molecule has 1 aliphatic heterocycles. The topological polar surface area (TPSA) is 73.2 Å². The molecule has 0 spiro atoms. The molecule has 1 aromatic carbocycles. The van der Waals surface area contributed by atoms with Gasteiger partial charge in [0.25, 0.3) is 0 Å². The number of nitrogens with zero attached hydrogens (tertiary/aromatic N) is 2. The highest BCUT2D eigenvalue weighted by molar-refractivity contribution is 8.00. The fourth-order valence-electron chi connectivity index (χ4n) is 1.81. The van der Waals surface area contributed by atoms with E-state index >= 15 is 0 Å². The number of amides is 2. The van der Waals surface area contributed by atoms with Crippen molar-refractivity contribution in [3.63, 3.8) is 0 Å². The van der Waals surface area contributed by atoms with Crippen molar-refractivity contribution in [3.05, 3.63) is 24.3 Å². The lowest BCUT2D eigenvalue weighted by Crippen LogP contribution is -2.34. The van der Waals surface area contributed by atoms with E-state index in [0.717, 1.165) is 10.6 Å². The van der Waals surface area contributed by atoms with E-state index in [1.807, 2.05) is 24.3 Å². The van der Waals surface area contributed by atoms with E-state index < -0.39 is 0 Å². The van der Waals surface area contributed by atoms with Crippen molar-refractivity contribution in [2.24, 2.45) is 0 Å². The smallest absolute Gasteiger partial charge is 0.244 e. The molecule has 1 saturated heterocycles. The van der Waals surface area contributed by atoms with Crippen LogP contribution in [0.2, 0.25) is 0 Å². The number of benzene rings is 1. The van der Waals surface area contributed by atoms with Gasteiger partial charge in [-0.1, -0.05) is 12.1 Å². The average molecular weight is 321 g/mol. The standard InChI is InChI=1S/C14H15N3O2S2/c15-6-3-7-21-12-5-2-1-4-11(12)16-13(18)8-17-10-20-9-14(17)19/h1-2,4-5H,3,7-10H2,(H,16,18). The lowest BCUT2D eigenvalue weighted by atomic mass is 10.3. The first-order valence-electron chi connectivity index (χ1n) is 6.45. The molecular weight excluding hydrogens is 306 g/mol. The summed E-state index contributed by atoms with van der Waals surface area (Å²) in [6, 6.07) is 9.58. The summed E-state index contributed by atoms with van der Waals surface area (Å²) >= 11 is 3.05. The number of nitriles is 1. The lowest BCUT2D eigenvalue weighted by Gasteiger charge is -2.15. The number of hydrogen-bond acceptors (Lipinski definition) is 5. The summed E-state index contributed by atoms with van der Waals surface area (Å²) in [6.45, 7) is 0.0863. The molecule has 0 bridgehead atoms. The Kier molecular flexibility index (Phi) is 5.96. The van der Waals surface area contributed by atoms with Crippen molar-refractivity contribution in [2.45, 2.75) is 11.3 Å². The van der Waals surface area contributed by atoms with E-state index in [9.17, 15) is 9.59 Å². The van der Waals surface area contributed by atoms with Crippen LogP contribution >= 0.6 is 23.5 Å². The Hall–Kier alpha value is -1.65. The van der Waals surface area contributed by atoms with Crippen LogP contribution in [-0.2, 0) is 9.59 Å². The highest BCUT2D eigenvalue weighted by Crippen LogP contribution is 2.27. The Labute approximate surface area is 132 Å². The maximum absolute atomic E-state index is 12.0. The Morgan fingerprint density at radius 3 is 3.00 bits per heavy atom. The Bertz CT molecular complexity index is 572. The molecule has 0 aromatic heterocycles. The van der Waals surface area contributed by atoms with Gasteiger partial charge in [0, 0.05) is 17.1 Å². The van der Waals surface area contributed by atoms with Crippen LogP contribution in [0.15, 0.2) is 29.2 Å². The van der Waals surface area contributed by atoms with Gasteiger partial charge in [0.2, 0.25) is 11.8 Å². The summed E-state index contributed by atoms with van der Waals surface area (Å²) in [5.74, 6) is 1.52. The number of hydrogen-bond donors (Lipinski definition) is 1. The second-order valence-electron chi connectivity index (χ2n) is 4.37. The molecule has 0 unspecified atom stereocenters. The molecule has 0 atom stereocenters. The van der Waals surface area contributed by atoms with Crippen LogP contribution in [0.1, 0.15) is 6.42 Å². The van der Waals surface area contributed by atoms with Crippen molar-refractivity contribution in [1.29, 1.82) is 5.26 Å². The molecule has 0 aliphatic carbocycles. The fourth-order valence-corrected chi connectivity index (χ4v) is 3.57. The largest absolute Gasteiger partial charge is 0.324 e. The number of para-hydroxylation sites is 1. The maximum atomic E-state index is 12.0. The van der Waals surface area contributed by atoms with Crippen LogP contribution in [-0.4, -0.2) is 40.6 Å². The highest BCUT2D eigenvalue weighted by Gasteiger charge is 2.23. The summed E-state index contributed by atoms with van der Waals surface area (Å²) in [4.78, 5) is 26.0. The highest BCUT2D eigenvalue weighted by atomic mass is 32.2. The SMILES string of the molecule is N#CCCSc1ccccc1NC(=O)CN1CSCC1=O. The van der Waals surface area contributed by atoms with Gasteiger partial charge >= 0.3 is 0 Å². The lowest BCUT2D eigenvalue weighted by molar-refractivity contribution is -0.130. The first-order valence-corrected chi connectivity index (χ1v) is 8.59. The van der Waals surface area contributed by atoms with Crippen molar-refractivity contribution < 1.29 is 9.59 Å². The molecule has 2 amide bonds. The number of anilines is 1. The minimum Gasteiger partial charge on any atom is -0.324 e. The second-order valence-corrected chi connectivity index (χ2v) is 6.46. The third kappa shape index (κ3) is 4.69. The molecule has 110 valence electrons. The normalized spacial score (nSPS) is 14.0. The number of rotatable bonds is 6. The molecule has 1 aliphatic rings. The summed E-state index contributed by atoms with van der Waals surface area (Å²) in [6.07, 6.45) is 0.465. The van der Waals surface area contributed by atoms with Gasteiger partial charge in [-0.15, -0.1) is 23.5 Å². The zero-order chi connectivity index (χ0) is 15.1. The number of nitrogens with one attached hydrogen (secondary N) is 1. The molecule has 1 fully saturated rings. The molecule has 1 aromatic rings. The number of carbonyl (C=O) groups excluding carboxylic acids is 2. The maximum Gasteiger partial charge on any atom is 0.244 e. The molecule has 1 heterocycles. The molecule has 7 heteroatoms. The van der Waals surface area contributed by atoms with Crippen LogP contribution < -0.4 is 5.32 Å². The average Bonchev–Trinajstić information content (AvgIpc) is 2.86. The van der Waals surface area contributed by atoms with Gasteiger partial charge in [0.1, 0.15) is 6.54 Å². The van der Waals surface area contributed by atoms with Crippen LogP contribution in [0.5, 0.6) is 0 Å². The molecule has 5 nitrogen and oxygen atoms in total. The van der Waals surface area contributed by atoms with Crippen molar-refractivity contribution in [2.75, 3.05) is 29.2 Å². The van der Waals surface area contributed by atoms with Gasteiger partial charge in [-0.2, -0.15) is 5.26 Å². The molecular formula is C14H15N3O2S2. The predicted molar refractivity (Wildman–Crippen MR) is 85.1 cm³/mol. The molecule has 21 heavy (non-hydrogen) atoms. The van der Waals surface area contributed by atoms with Crippen LogP contribution in [0.25, 0.3) is 0 Å². The zero-order valence-corrected chi connectivity index (χ0v) is 13.0. The number of thioether (sulfide) groups is 2. The van der Waals surface area contributed by atoms with Crippen LogP contribution in [0, 0.1) is 11.3 Å². The summed E-state index contributed by atoms with van der Waals surface area (Å²) in [5, 5.41) is 11.4. The van der Waals surface area contributed by atoms with E-state index in [0.29, 0.717) is 23.8 Å². The molecule has 2 rings (SSSR count). The van der Waals surface area contributed by atoms with Gasteiger partial charge in [0.05, 0.1) is 23.4 Å². The van der Waals surface area contributed by atoms with Gasteiger partial charge in [0.15, 0.2) is 0 Å². The zero-order valence-electron chi connectivity index (χ0n) is 11.4. The third-order valence-electron chi connectivity index (χ3n) is 2.79. The Morgan fingerprint density at radius 2 is 2.29 bits per heavy atom.